The highest BCUT2D eigenvalue weighted by atomic mass is 127. The standard InChI is InChI=1S/C13H19F2N3O.HI/c1-3-16-13(17-6-7-19-2)18-9-10-8-11(14)4-5-12(10)15;/h4-5,8H,3,6-7,9H2,1-2H3,(H2,16,17,18);1H. The lowest BCUT2D eigenvalue weighted by molar-refractivity contribution is 0.203. The van der Waals surface area contributed by atoms with Crippen molar-refractivity contribution in [1.29, 1.82) is 0 Å². The van der Waals surface area contributed by atoms with E-state index in [1.54, 1.807) is 7.11 Å². The third-order valence-electron chi connectivity index (χ3n) is 2.36. The molecule has 0 amide bonds. The fourth-order valence-corrected chi connectivity index (χ4v) is 1.44. The van der Waals surface area contributed by atoms with Crippen LogP contribution in [0, 0.1) is 11.6 Å². The summed E-state index contributed by atoms with van der Waals surface area (Å²) < 4.78 is 31.3. The number of ether oxygens (including phenoxy) is 1. The number of rotatable bonds is 6. The minimum absolute atomic E-state index is 0. The van der Waals surface area contributed by atoms with Crippen LogP contribution in [0.5, 0.6) is 0 Å². The van der Waals surface area contributed by atoms with Gasteiger partial charge in [0.25, 0.3) is 0 Å². The van der Waals surface area contributed by atoms with Gasteiger partial charge in [-0.05, 0) is 25.1 Å². The molecule has 0 heterocycles. The summed E-state index contributed by atoms with van der Waals surface area (Å²) in [5.74, 6) is -0.384. The first-order chi connectivity index (χ1) is 9.17. The van der Waals surface area contributed by atoms with Gasteiger partial charge in [0.1, 0.15) is 11.6 Å². The Labute approximate surface area is 135 Å². The van der Waals surface area contributed by atoms with Gasteiger partial charge in [-0.15, -0.1) is 24.0 Å². The van der Waals surface area contributed by atoms with E-state index in [2.05, 4.69) is 15.6 Å². The minimum Gasteiger partial charge on any atom is -0.383 e. The molecule has 20 heavy (non-hydrogen) atoms. The van der Waals surface area contributed by atoms with Crippen molar-refractivity contribution >= 4 is 29.9 Å². The Morgan fingerprint density at radius 1 is 1.30 bits per heavy atom. The summed E-state index contributed by atoms with van der Waals surface area (Å²) >= 11 is 0. The highest BCUT2D eigenvalue weighted by Gasteiger charge is 2.04. The molecule has 1 aromatic rings. The molecule has 0 aliphatic carbocycles. The van der Waals surface area contributed by atoms with E-state index in [9.17, 15) is 8.78 Å². The van der Waals surface area contributed by atoms with Crippen LogP contribution in [0.1, 0.15) is 12.5 Å². The molecule has 0 unspecified atom stereocenters. The number of nitrogens with one attached hydrogen (secondary N) is 2. The second-order valence-corrected chi connectivity index (χ2v) is 3.85. The summed E-state index contributed by atoms with van der Waals surface area (Å²) in [5.41, 5.74) is 0.226. The average molecular weight is 399 g/mol. The van der Waals surface area contributed by atoms with E-state index >= 15 is 0 Å². The van der Waals surface area contributed by atoms with Crippen LogP contribution in [-0.2, 0) is 11.3 Å². The highest BCUT2D eigenvalue weighted by molar-refractivity contribution is 14.0. The minimum atomic E-state index is -0.469. The van der Waals surface area contributed by atoms with Crippen molar-refractivity contribution in [3.05, 3.63) is 35.4 Å². The first kappa shape index (κ1) is 19.0. The molecule has 0 saturated heterocycles. The van der Waals surface area contributed by atoms with E-state index < -0.39 is 11.6 Å². The predicted molar refractivity (Wildman–Crippen MR) is 86.5 cm³/mol. The normalized spacial score (nSPS) is 10.9. The van der Waals surface area contributed by atoms with Gasteiger partial charge in [0.15, 0.2) is 5.96 Å². The third-order valence-corrected chi connectivity index (χ3v) is 2.36. The molecule has 1 aromatic carbocycles. The van der Waals surface area contributed by atoms with Crippen molar-refractivity contribution in [1.82, 2.24) is 10.6 Å². The molecule has 0 aromatic heterocycles. The van der Waals surface area contributed by atoms with Gasteiger partial charge in [0.2, 0.25) is 0 Å². The molecule has 7 heteroatoms. The van der Waals surface area contributed by atoms with E-state index in [1.165, 1.54) is 0 Å². The maximum Gasteiger partial charge on any atom is 0.191 e. The number of benzene rings is 1. The molecule has 0 aliphatic heterocycles. The van der Waals surface area contributed by atoms with Crippen LogP contribution < -0.4 is 10.6 Å². The van der Waals surface area contributed by atoms with E-state index in [1.807, 2.05) is 6.92 Å². The van der Waals surface area contributed by atoms with Gasteiger partial charge in [0, 0.05) is 25.8 Å². The van der Waals surface area contributed by atoms with E-state index in [-0.39, 0.29) is 36.1 Å². The summed E-state index contributed by atoms with van der Waals surface area (Å²) in [7, 11) is 1.61. The van der Waals surface area contributed by atoms with Gasteiger partial charge in [0.05, 0.1) is 13.2 Å². The van der Waals surface area contributed by atoms with Gasteiger partial charge in [-0.3, -0.25) is 0 Å². The molecule has 1 rings (SSSR count). The molecule has 0 spiro atoms. The van der Waals surface area contributed by atoms with E-state index in [0.717, 1.165) is 18.2 Å². The Bertz CT molecular complexity index is 430. The molecule has 2 N–H and O–H groups in total. The summed E-state index contributed by atoms with van der Waals surface area (Å²) in [5, 5.41) is 6.04. The average Bonchev–Trinajstić information content (AvgIpc) is 2.40. The first-order valence-corrected chi connectivity index (χ1v) is 6.12. The van der Waals surface area contributed by atoms with Gasteiger partial charge in [-0.1, -0.05) is 0 Å². The second kappa shape index (κ2) is 10.8. The Kier molecular flexibility index (Phi) is 10.3. The smallest absolute Gasteiger partial charge is 0.191 e. The first-order valence-electron chi connectivity index (χ1n) is 6.12. The van der Waals surface area contributed by atoms with Crippen molar-refractivity contribution in [2.75, 3.05) is 26.8 Å². The van der Waals surface area contributed by atoms with Crippen LogP contribution in [-0.4, -0.2) is 32.8 Å². The number of nitrogens with zero attached hydrogens (tertiary/aromatic N) is 1. The molecule has 4 nitrogen and oxygen atoms in total. The number of guanidine groups is 1. The van der Waals surface area contributed by atoms with Crippen molar-refractivity contribution in [3.8, 4) is 0 Å². The SMILES string of the molecule is CCNC(=NCc1cc(F)ccc1F)NCCOC.I. The summed E-state index contributed by atoms with van der Waals surface area (Å²) in [6, 6.07) is 3.34. The molecule has 0 atom stereocenters. The van der Waals surface area contributed by atoms with Crippen molar-refractivity contribution in [3.63, 3.8) is 0 Å². The van der Waals surface area contributed by atoms with Crippen LogP contribution in [0.15, 0.2) is 23.2 Å². The van der Waals surface area contributed by atoms with Crippen molar-refractivity contribution < 1.29 is 13.5 Å². The number of hydrogen-bond acceptors (Lipinski definition) is 2. The molecule has 114 valence electrons. The summed E-state index contributed by atoms with van der Waals surface area (Å²) in [6.45, 7) is 3.82. The molecule has 0 fully saturated rings. The number of hydrogen-bond donors (Lipinski definition) is 2. The van der Waals surface area contributed by atoms with E-state index in [0.29, 0.717) is 25.7 Å². The number of methoxy groups -OCH3 is 1. The maximum atomic E-state index is 13.4. The van der Waals surface area contributed by atoms with Gasteiger partial charge in [-0.2, -0.15) is 0 Å². The van der Waals surface area contributed by atoms with Crippen molar-refractivity contribution in [2.45, 2.75) is 13.5 Å². The molecular weight excluding hydrogens is 379 g/mol. The Balaban J connectivity index is 0.00000361. The number of halogens is 3. The molecule has 0 bridgehead atoms. The topological polar surface area (TPSA) is 45.7 Å². The zero-order chi connectivity index (χ0) is 14.1. The predicted octanol–water partition coefficient (Wildman–Crippen LogP) is 2.28. The Morgan fingerprint density at radius 3 is 2.70 bits per heavy atom. The monoisotopic (exact) mass is 399 g/mol. The summed E-state index contributed by atoms with van der Waals surface area (Å²) in [6.07, 6.45) is 0. The fourth-order valence-electron chi connectivity index (χ4n) is 1.44. The van der Waals surface area contributed by atoms with E-state index in [4.69, 9.17) is 4.74 Å². The lowest BCUT2D eigenvalue weighted by Gasteiger charge is -2.10. The Morgan fingerprint density at radius 2 is 2.05 bits per heavy atom. The zero-order valence-electron chi connectivity index (χ0n) is 11.6. The van der Waals surface area contributed by atoms with Gasteiger partial charge < -0.3 is 15.4 Å². The molecule has 0 radical (unpaired) electrons. The van der Waals surface area contributed by atoms with Crippen LogP contribution in [0.2, 0.25) is 0 Å². The molecule has 0 aliphatic rings. The van der Waals surface area contributed by atoms with Crippen LogP contribution in [0.3, 0.4) is 0 Å². The van der Waals surface area contributed by atoms with Crippen LogP contribution in [0.4, 0.5) is 8.78 Å². The van der Waals surface area contributed by atoms with Crippen molar-refractivity contribution in [2.24, 2.45) is 4.99 Å². The summed E-state index contributed by atoms with van der Waals surface area (Å²) in [4.78, 5) is 4.19. The number of aliphatic imine (C=N–C) groups is 1. The quantitative estimate of drug-likeness (QED) is 0.334. The lowest BCUT2D eigenvalue weighted by atomic mass is 10.2. The molecular formula is C13H20F2IN3O. The zero-order valence-corrected chi connectivity index (χ0v) is 13.9. The van der Waals surface area contributed by atoms with Crippen LogP contribution in [0.25, 0.3) is 0 Å². The maximum absolute atomic E-state index is 13.4. The fraction of sp³-hybridized carbons (Fsp3) is 0.462. The van der Waals surface area contributed by atoms with Crippen LogP contribution >= 0.6 is 24.0 Å². The second-order valence-electron chi connectivity index (χ2n) is 3.85. The van der Waals surface area contributed by atoms with Gasteiger partial charge >= 0.3 is 0 Å². The van der Waals surface area contributed by atoms with Gasteiger partial charge in [-0.25, -0.2) is 13.8 Å². The third kappa shape index (κ3) is 6.99. The lowest BCUT2D eigenvalue weighted by Crippen LogP contribution is -2.38. The highest BCUT2D eigenvalue weighted by Crippen LogP contribution is 2.10. The molecule has 0 saturated carbocycles. The largest absolute Gasteiger partial charge is 0.383 e. The Hall–Kier alpha value is -0.960.